The van der Waals surface area contributed by atoms with Crippen molar-refractivity contribution in [2.24, 2.45) is 5.84 Å². The van der Waals surface area contributed by atoms with E-state index in [9.17, 15) is 8.78 Å². The van der Waals surface area contributed by atoms with Crippen LogP contribution in [0.3, 0.4) is 0 Å². The van der Waals surface area contributed by atoms with Gasteiger partial charge in [0.1, 0.15) is 5.82 Å². The van der Waals surface area contributed by atoms with Gasteiger partial charge in [0.15, 0.2) is 5.82 Å². The Hall–Kier alpha value is -1.57. The highest BCUT2D eigenvalue weighted by molar-refractivity contribution is 9.10. The van der Waals surface area contributed by atoms with E-state index >= 15 is 0 Å². The van der Waals surface area contributed by atoms with Gasteiger partial charge in [-0.25, -0.2) is 19.2 Å². The highest BCUT2D eigenvalue weighted by atomic mass is 79.9. The number of rotatable bonds is 4. The molecule has 1 heterocycles. The maximum atomic E-state index is 14.2. The number of ether oxygens (including phenoxy) is 1. The third-order valence-corrected chi connectivity index (χ3v) is 3.46. The van der Waals surface area contributed by atoms with Crippen LogP contribution in [0.2, 0.25) is 0 Å². The van der Waals surface area contributed by atoms with E-state index in [1.54, 1.807) is 12.1 Å². The largest absolute Gasteiger partial charge is 0.479 e. The number of hydrogen-bond acceptors (Lipinski definition) is 4. The summed E-state index contributed by atoms with van der Waals surface area (Å²) >= 11 is 3.09. The summed E-state index contributed by atoms with van der Waals surface area (Å²) in [6.45, 7) is 0. The molecule has 1 atom stereocenters. The highest BCUT2D eigenvalue weighted by Crippen LogP contribution is 2.31. The van der Waals surface area contributed by atoms with Gasteiger partial charge in [-0.1, -0.05) is 12.1 Å². The van der Waals surface area contributed by atoms with E-state index in [1.165, 1.54) is 25.4 Å². The molecule has 1 aromatic carbocycles. The lowest BCUT2D eigenvalue weighted by molar-refractivity contribution is 0.364. The summed E-state index contributed by atoms with van der Waals surface area (Å²) in [6.07, 6.45) is 1.37. The van der Waals surface area contributed by atoms with E-state index in [0.29, 0.717) is 0 Å². The van der Waals surface area contributed by atoms with Crippen LogP contribution in [0.15, 0.2) is 34.9 Å². The van der Waals surface area contributed by atoms with Gasteiger partial charge in [-0.15, -0.1) is 0 Å². The van der Waals surface area contributed by atoms with Crippen LogP contribution in [0.1, 0.15) is 17.2 Å². The summed E-state index contributed by atoms with van der Waals surface area (Å²) < 4.78 is 33.4. The lowest BCUT2D eigenvalue weighted by Crippen LogP contribution is -2.30. The topological polar surface area (TPSA) is 60.2 Å². The number of nitrogens with one attached hydrogen (secondary N) is 1. The predicted molar refractivity (Wildman–Crippen MR) is 74.0 cm³/mol. The quantitative estimate of drug-likeness (QED) is 0.661. The smallest absolute Gasteiger partial charge is 0.250 e. The molecule has 2 rings (SSSR count). The molecule has 7 heteroatoms. The third kappa shape index (κ3) is 2.65. The predicted octanol–water partition coefficient (Wildman–Crippen LogP) is 2.68. The Kier molecular flexibility index (Phi) is 4.64. The average Bonchev–Trinajstić information content (AvgIpc) is 2.46. The Morgan fingerprint density at radius 2 is 1.95 bits per heavy atom. The first-order chi connectivity index (χ1) is 9.60. The van der Waals surface area contributed by atoms with Crippen molar-refractivity contribution in [3.63, 3.8) is 0 Å². The van der Waals surface area contributed by atoms with E-state index in [0.717, 1.165) is 0 Å². The van der Waals surface area contributed by atoms with E-state index < -0.39 is 17.7 Å². The number of benzene rings is 1. The lowest BCUT2D eigenvalue weighted by Gasteiger charge is -2.19. The molecule has 0 amide bonds. The molecule has 2 aromatic rings. The van der Waals surface area contributed by atoms with Crippen LogP contribution in [-0.2, 0) is 0 Å². The number of hydrazine groups is 1. The number of nitrogens with zero attached hydrogens (tertiary/aromatic N) is 1. The van der Waals surface area contributed by atoms with Gasteiger partial charge >= 0.3 is 0 Å². The zero-order valence-corrected chi connectivity index (χ0v) is 12.1. The number of methoxy groups -OCH3 is 1. The maximum absolute atomic E-state index is 14.2. The molecule has 0 radical (unpaired) electrons. The van der Waals surface area contributed by atoms with Crippen molar-refractivity contribution >= 4 is 15.9 Å². The number of hydrogen-bond donors (Lipinski definition) is 2. The fourth-order valence-corrected chi connectivity index (χ4v) is 2.28. The van der Waals surface area contributed by atoms with Gasteiger partial charge in [-0.05, 0) is 28.1 Å². The monoisotopic (exact) mass is 343 g/mol. The molecule has 0 saturated heterocycles. The van der Waals surface area contributed by atoms with Gasteiger partial charge in [-0.2, -0.15) is 0 Å². The van der Waals surface area contributed by atoms with Gasteiger partial charge in [0.25, 0.3) is 0 Å². The number of aromatic nitrogens is 1. The summed E-state index contributed by atoms with van der Waals surface area (Å²) in [6, 6.07) is 5.28. The Bertz CT molecular complexity index is 625. The van der Waals surface area contributed by atoms with Crippen LogP contribution in [-0.4, -0.2) is 12.1 Å². The van der Waals surface area contributed by atoms with Crippen LogP contribution < -0.4 is 16.0 Å². The Balaban J connectivity index is 2.56. The molecule has 0 aliphatic heterocycles. The molecule has 0 bridgehead atoms. The molecule has 1 aromatic heterocycles. The second-order valence-corrected chi connectivity index (χ2v) is 4.82. The van der Waals surface area contributed by atoms with Crippen LogP contribution in [0.25, 0.3) is 0 Å². The first-order valence-electron chi connectivity index (χ1n) is 5.68. The molecule has 20 heavy (non-hydrogen) atoms. The van der Waals surface area contributed by atoms with Gasteiger partial charge in [0.2, 0.25) is 5.88 Å². The van der Waals surface area contributed by atoms with Crippen LogP contribution >= 0.6 is 15.9 Å². The molecule has 0 spiro atoms. The zero-order valence-electron chi connectivity index (χ0n) is 10.5. The molecule has 0 aliphatic carbocycles. The van der Waals surface area contributed by atoms with Crippen molar-refractivity contribution in [1.29, 1.82) is 0 Å². The van der Waals surface area contributed by atoms with Crippen molar-refractivity contribution < 1.29 is 13.5 Å². The summed E-state index contributed by atoms with van der Waals surface area (Å²) in [4.78, 5) is 3.74. The minimum Gasteiger partial charge on any atom is -0.479 e. The number of pyridine rings is 1. The first-order valence-corrected chi connectivity index (χ1v) is 6.47. The second kappa shape index (κ2) is 6.25. The summed E-state index contributed by atoms with van der Waals surface area (Å²) in [5, 5.41) is 0. The Morgan fingerprint density at radius 3 is 2.60 bits per heavy atom. The summed E-state index contributed by atoms with van der Waals surface area (Å²) in [7, 11) is 1.31. The Labute approximate surface area is 123 Å². The van der Waals surface area contributed by atoms with Crippen molar-refractivity contribution in [1.82, 2.24) is 10.4 Å². The summed E-state index contributed by atoms with van der Waals surface area (Å²) in [5.41, 5.74) is 2.78. The van der Waals surface area contributed by atoms with Crippen molar-refractivity contribution in [3.05, 3.63) is 57.7 Å². The normalized spacial score (nSPS) is 12.2. The minimum atomic E-state index is -0.857. The molecule has 106 valence electrons. The molecular weight excluding hydrogens is 332 g/mol. The molecular formula is C13H12BrF2N3O. The van der Waals surface area contributed by atoms with Crippen LogP contribution in [0.4, 0.5) is 8.78 Å². The van der Waals surface area contributed by atoms with Gasteiger partial charge in [0.05, 0.1) is 17.6 Å². The fourth-order valence-electron chi connectivity index (χ4n) is 1.89. The van der Waals surface area contributed by atoms with Crippen molar-refractivity contribution in [2.45, 2.75) is 6.04 Å². The fraction of sp³-hybridized carbons (Fsp3) is 0.154. The zero-order chi connectivity index (χ0) is 14.7. The van der Waals surface area contributed by atoms with E-state index in [-0.39, 0.29) is 21.5 Å². The molecule has 0 aliphatic rings. The van der Waals surface area contributed by atoms with E-state index in [4.69, 9.17) is 10.6 Å². The van der Waals surface area contributed by atoms with E-state index in [1.807, 2.05) is 0 Å². The Morgan fingerprint density at radius 1 is 1.25 bits per heavy atom. The van der Waals surface area contributed by atoms with E-state index in [2.05, 4.69) is 26.3 Å². The SMILES string of the molecule is COc1nccc(C(NN)c2cccc(Br)c2F)c1F. The molecule has 0 fully saturated rings. The lowest BCUT2D eigenvalue weighted by atomic mass is 9.99. The summed E-state index contributed by atoms with van der Waals surface area (Å²) in [5.74, 6) is 4.10. The van der Waals surface area contributed by atoms with Crippen LogP contribution in [0.5, 0.6) is 5.88 Å². The molecule has 0 saturated carbocycles. The highest BCUT2D eigenvalue weighted by Gasteiger charge is 2.23. The average molecular weight is 344 g/mol. The molecule has 3 N–H and O–H groups in total. The number of nitrogens with two attached hydrogens (primary N) is 1. The second-order valence-electron chi connectivity index (χ2n) is 3.97. The van der Waals surface area contributed by atoms with Gasteiger partial charge in [-0.3, -0.25) is 5.84 Å². The maximum Gasteiger partial charge on any atom is 0.250 e. The first kappa shape index (κ1) is 14.8. The standard InChI is InChI=1S/C13H12BrF2N3O/c1-20-13-11(16)8(5-6-18-13)12(19-17)7-3-2-4-9(14)10(7)15/h2-6,12,19H,17H2,1H3. The van der Waals surface area contributed by atoms with Crippen LogP contribution in [0, 0.1) is 11.6 Å². The molecule has 4 nitrogen and oxygen atoms in total. The third-order valence-electron chi connectivity index (χ3n) is 2.85. The minimum absolute atomic E-state index is 0.149. The van der Waals surface area contributed by atoms with Gasteiger partial charge < -0.3 is 4.74 Å². The van der Waals surface area contributed by atoms with Crippen molar-refractivity contribution in [3.8, 4) is 5.88 Å². The number of halogens is 3. The van der Waals surface area contributed by atoms with Crippen molar-refractivity contribution in [2.75, 3.05) is 7.11 Å². The van der Waals surface area contributed by atoms with Gasteiger partial charge in [0, 0.05) is 17.3 Å². The molecule has 1 unspecified atom stereocenters.